The molecule has 0 aliphatic heterocycles. The van der Waals surface area contributed by atoms with E-state index in [4.69, 9.17) is 4.74 Å². The number of amides is 2. The van der Waals surface area contributed by atoms with Gasteiger partial charge in [0.1, 0.15) is 5.82 Å². The average molecular weight is 392 g/mol. The van der Waals surface area contributed by atoms with Gasteiger partial charge in [0.2, 0.25) is 5.91 Å². The molecule has 0 atom stereocenters. The number of aryl methyl sites for hydroxylation is 1. The van der Waals surface area contributed by atoms with Crippen molar-refractivity contribution in [2.24, 2.45) is 0 Å². The number of nitrogens with one attached hydrogen (secondary N) is 2. The third kappa shape index (κ3) is 5.29. The third-order valence-electron chi connectivity index (χ3n) is 3.85. The van der Waals surface area contributed by atoms with Crippen molar-refractivity contribution in [3.05, 3.63) is 71.9 Å². The van der Waals surface area contributed by atoms with Crippen LogP contribution in [-0.2, 0) is 14.3 Å². The lowest BCUT2D eigenvalue weighted by Gasteiger charge is -2.10. The fraction of sp³-hybridized carbons (Fsp3) is 0.143. The number of carbonyl (C=O) groups is 3. The van der Waals surface area contributed by atoms with Crippen LogP contribution in [0.3, 0.4) is 0 Å². The zero-order valence-corrected chi connectivity index (χ0v) is 16.0. The number of rotatable bonds is 6. The standard InChI is InChI=1S/C21H20N4O4/c1-14-11-19(25(24-14)18-9-4-3-5-10-18)23-20(27)13-29-21(28)16-7-6-8-17(12-16)22-15(2)26/h3-12H,13H2,1-2H3,(H,22,26)(H,23,27). The summed E-state index contributed by atoms with van der Waals surface area (Å²) in [6, 6.07) is 17.4. The van der Waals surface area contributed by atoms with Crippen molar-refractivity contribution in [1.82, 2.24) is 9.78 Å². The fourth-order valence-electron chi connectivity index (χ4n) is 2.68. The zero-order chi connectivity index (χ0) is 20.8. The first-order valence-corrected chi connectivity index (χ1v) is 8.89. The summed E-state index contributed by atoms with van der Waals surface area (Å²) < 4.78 is 6.68. The van der Waals surface area contributed by atoms with Crippen molar-refractivity contribution in [3.8, 4) is 5.69 Å². The highest BCUT2D eigenvalue weighted by atomic mass is 16.5. The number of para-hydroxylation sites is 1. The van der Waals surface area contributed by atoms with Gasteiger partial charge in [0.15, 0.2) is 6.61 Å². The molecule has 0 bridgehead atoms. The van der Waals surface area contributed by atoms with Crippen molar-refractivity contribution in [1.29, 1.82) is 0 Å². The topological polar surface area (TPSA) is 102 Å². The molecule has 0 unspecified atom stereocenters. The highest BCUT2D eigenvalue weighted by molar-refractivity contribution is 5.96. The first-order chi connectivity index (χ1) is 13.9. The molecule has 3 aromatic rings. The van der Waals surface area contributed by atoms with Crippen molar-refractivity contribution in [2.45, 2.75) is 13.8 Å². The normalized spacial score (nSPS) is 10.3. The number of anilines is 2. The number of ether oxygens (including phenoxy) is 1. The molecular formula is C21H20N4O4. The molecule has 0 saturated carbocycles. The molecule has 1 aromatic heterocycles. The Morgan fingerprint density at radius 2 is 1.76 bits per heavy atom. The Hall–Kier alpha value is -3.94. The van der Waals surface area contributed by atoms with E-state index in [-0.39, 0.29) is 11.5 Å². The van der Waals surface area contributed by atoms with E-state index in [1.807, 2.05) is 37.3 Å². The van der Waals surface area contributed by atoms with E-state index in [9.17, 15) is 14.4 Å². The van der Waals surface area contributed by atoms with Crippen LogP contribution in [0, 0.1) is 6.92 Å². The number of nitrogens with zero attached hydrogens (tertiary/aromatic N) is 2. The molecule has 0 radical (unpaired) electrons. The molecule has 0 spiro atoms. The second-order valence-corrected chi connectivity index (χ2v) is 6.30. The number of hydrogen-bond acceptors (Lipinski definition) is 5. The molecule has 0 aliphatic carbocycles. The Morgan fingerprint density at radius 1 is 1.00 bits per heavy atom. The number of benzene rings is 2. The van der Waals surface area contributed by atoms with E-state index in [0.717, 1.165) is 11.4 Å². The second-order valence-electron chi connectivity index (χ2n) is 6.30. The summed E-state index contributed by atoms with van der Waals surface area (Å²) in [7, 11) is 0. The van der Waals surface area contributed by atoms with Crippen LogP contribution in [0.25, 0.3) is 5.69 Å². The zero-order valence-electron chi connectivity index (χ0n) is 16.0. The number of hydrogen-bond donors (Lipinski definition) is 2. The molecule has 0 fully saturated rings. The van der Waals surface area contributed by atoms with Crippen LogP contribution in [0.4, 0.5) is 11.5 Å². The highest BCUT2D eigenvalue weighted by Crippen LogP contribution is 2.17. The maximum absolute atomic E-state index is 12.3. The first kappa shape index (κ1) is 19.8. The second kappa shape index (κ2) is 8.83. The minimum absolute atomic E-state index is 0.231. The summed E-state index contributed by atoms with van der Waals surface area (Å²) in [5.74, 6) is -0.934. The van der Waals surface area contributed by atoms with Crippen molar-refractivity contribution < 1.29 is 19.1 Å². The summed E-state index contributed by atoms with van der Waals surface area (Å²) in [5.41, 5.74) is 2.23. The molecule has 148 valence electrons. The summed E-state index contributed by atoms with van der Waals surface area (Å²) in [4.78, 5) is 35.6. The maximum Gasteiger partial charge on any atom is 0.338 e. The van der Waals surface area contributed by atoms with Gasteiger partial charge in [-0.1, -0.05) is 24.3 Å². The molecule has 2 amide bonds. The summed E-state index contributed by atoms with van der Waals surface area (Å²) in [5, 5.41) is 9.66. The van der Waals surface area contributed by atoms with E-state index in [1.165, 1.54) is 13.0 Å². The highest BCUT2D eigenvalue weighted by Gasteiger charge is 2.14. The van der Waals surface area contributed by atoms with Gasteiger partial charge >= 0.3 is 5.97 Å². The average Bonchev–Trinajstić information content (AvgIpc) is 3.06. The van der Waals surface area contributed by atoms with Gasteiger partial charge in [-0.25, -0.2) is 9.48 Å². The predicted octanol–water partition coefficient (Wildman–Crippen LogP) is 2.93. The minimum atomic E-state index is -0.667. The van der Waals surface area contributed by atoms with E-state index in [0.29, 0.717) is 11.5 Å². The van der Waals surface area contributed by atoms with Crippen molar-refractivity contribution >= 4 is 29.3 Å². The Balaban J connectivity index is 1.62. The third-order valence-corrected chi connectivity index (χ3v) is 3.85. The van der Waals surface area contributed by atoms with E-state index in [2.05, 4.69) is 15.7 Å². The van der Waals surface area contributed by atoms with Crippen molar-refractivity contribution in [2.75, 3.05) is 17.2 Å². The van der Waals surface area contributed by atoms with Gasteiger partial charge in [-0.2, -0.15) is 5.10 Å². The van der Waals surface area contributed by atoms with Crippen LogP contribution < -0.4 is 10.6 Å². The summed E-state index contributed by atoms with van der Waals surface area (Å²) in [6.45, 7) is 2.73. The lowest BCUT2D eigenvalue weighted by Crippen LogP contribution is -2.22. The van der Waals surface area contributed by atoms with Gasteiger partial charge in [-0.05, 0) is 37.3 Å². The van der Waals surface area contributed by atoms with Crippen LogP contribution in [0.15, 0.2) is 60.7 Å². The van der Waals surface area contributed by atoms with Gasteiger partial charge in [-0.15, -0.1) is 0 Å². The summed E-state index contributed by atoms with van der Waals surface area (Å²) >= 11 is 0. The monoisotopic (exact) mass is 392 g/mol. The lowest BCUT2D eigenvalue weighted by molar-refractivity contribution is -0.119. The van der Waals surface area contributed by atoms with Crippen LogP contribution in [-0.4, -0.2) is 34.2 Å². The van der Waals surface area contributed by atoms with Gasteiger partial charge in [-0.3, -0.25) is 9.59 Å². The van der Waals surface area contributed by atoms with E-state index < -0.39 is 18.5 Å². The predicted molar refractivity (Wildman–Crippen MR) is 108 cm³/mol. The van der Waals surface area contributed by atoms with Gasteiger partial charge < -0.3 is 15.4 Å². The molecule has 2 aromatic carbocycles. The van der Waals surface area contributed by atoms with Gasteiger partial charge in [0.25, 0.3) is 5.91 Å². The Kier molecular flexibility index (Phi) is 6.03. The smallest absolute Gasteiger partial charge is 0.338 e. The van der Waals surface area contributed by atoms with Gasteiger partial charge in [0, 0.05) is 18.7 Å². The molecule has 29 heavy (non-hydrogen) atoms. The largest absolute Gasteiger partial charge is 0.452 e. The van der Waals surface area contributed by atoms with E-state index in [1.54, 1.807) is 28.9 Å². The number of carbonyl (C=O) groups excluding carboxylic acids is 3. The molecule has 8 heteroatoms. The SMILES string of the molecule is CC(=O)Nc1cccc(C(=O)OCC(=O)Nc2cc(C)nn2-c2ccccc2)c1. The molecule has 8 nitrogen and oxygen atoms in total. The lowest BCUT2D eigenvalue weighted by atomic mass is 10.2. The van der Waals surface area contributed by atoms with Crippen LogP contribution in [0.5, 0.6) is 0 Å². The number of esters is 1. The van der Waals surface area contributed by atoms with Crippen LogP contribution in [0.2, 0.25) is 0 Å². The Bertz CT molecular complexity index is 1040. The minimum Gasteiger partial charge on any atom is -0.452 e. The van der Waals surface area contributed by atoms with Crippen molar-refractivity contribution in [3.63, 3.8) is 0 Å². The molecule has 0 saturated heterocycles. The Labute approximate surface area is 167 Å². The Morgan fingerprint density at radius 3 is 2.48 bits per heavy atom. The maximum atomic E-state index is 12.3. The number of aromatic nitrogens is 2. The van der Waals surface area contributed by atoms with Crippen LogP contribution in [0.1, 0.15) is 23.0 Å². The molecular weight excluding hydrogens is 372 g/mol. The van der Waals surface area contributed by atoms with Crippen LogP contribution >= 0.6 is 0 Å². The molecule has 1 heterocycles. The molecule has 0 aliphatic rings. The van der Waals surface area contributed by atoms with Gasteiger partial charge in [0.05, 0.1) is 16.9 Å². The van der Waals surface area contributed by atoms with E-state index >= 15 is 0 Å². The summed E-state index contributed by atoms with van der Waals surface area (Å²) in [6.07, 6.45) is 0. The first-order valence-electron chi connectivity index (χ1n) is 8.89. The fourth-order valence-corrected chi connectivity index (χ4v) is 2.68. The molecule has 2 N–H and O–H groups in total. The molecule has 3 rings (SSSR count). The quantitative estimate of drug-likeness (QED) is 0.628.